The fourth-order valence-corrected chi connectivity index (χ4v) is 8.01. The van der Waals surface area contributed by atoms with E-state index in [1.807, 2.05) is 72.8 Å². The van der Waals surface area contributed by atoms with Crippen LogP contribution in [0.3, 0.4) is 0 Å². The summed E-state index contributed by atoms with van der Waals surface area (Å²) in [5.41, 5.74) is 9.62. The first kappa shape index (κ1) is 32.9. The Kier molecular flexibility index (Phi) is 11.9. The normalized spacial score (nSPS) is 13.1. The lowest BCUT2D eigenvalue weighted by atomic mass is 10.2. The van der Waals surface area contributed by atoms with Crippen LogP contribution in [0.5, 0.6) is 0 Å². The maximum absolute atomic E-state index is 6.64. The van der Waals surface area contributed by atoms with Crippen molar-refractivity contribution in [1.29, 1.82) is 0 Å². The van der Waals surface area contributed by atoms with E-state index in [1.54, 1.807) is 0 Å². The molecule has 0 amide bonds. The highest BCUT2D eigenvalue weighted by atomic mass is 35.5. The van der Waals surface area contributed by atoms with Gasteiger partial charge in [-0.25, -0.2) is 0 Å². The largest absolute Gasteiger partial charge is 0.607 e. The van der Waals surface area contributed by atoms with E-state index in [9.17, 15) is 0 Å². The van der Waals surface area contributed by atoms with Crippen LogP contribution in [0, 0.1) is 0 Å². The maximum Gasteiger partial charge on any atom is 0.607 e. The molecule has 210 valence electrons. The van der Waals surface area contributed by atoms with Crippen LogP contribution >= 0.6 is 34.8 Å². The van der Waals surface area contributed by atoms with E-state index in [2.05, 4.69) is 74.6 Å². The highest BCUT2D eigenvalue weighted by Gasteiger charge is 2.39. The molecule has 40 heavy (non-hydrogen) atoms. The van der Waals surface area contributed by atoms with Crippen molar-refractivity contribution in [2.24, 2.45) is 0 Å². The molecule has 0 aromatic heterocycles. The minimum atomic E-state index is -2.35. The van der Waals surface area contributed by atoms with Crippen molar-refractivity contribution in [3.8, 4) is 0 Å². The van der Waals surface area contributed by atoms with Gasteiger partial charge in [0.1, 0.15) is 0 Å². The highest BCUT2D eigenvalue weighted by Crippen LogP contribution is 2.22. The molecular weight excluding hydrogens is 610 g/mol. The third-order valence-corrected chi connectivity index (χ3v) is 11.9. The van der Waals surface area contributed by atoms with E-state index in [4.69, 9.17) is 47.8 Å². The lowest BCUT2D eigenvalue weighted by Gasteiger charge is -2.33. The summed E-state index contributed by atoms with van der Waals surface area (Å²) in [7, 11) is -7.84. The topological polar surface area (TPSA) is 27.7 Å². The fraction of sp³-hybridized carbons (Fsp3) is 0.200. The van der Waals surface area contributed by atoms with Gasteiger partial charge in [0.2, 0.25) is 0 Å². The number of hydrogen-bond donors (Lipinski definition) is 0. The summed E-state index contributed by atoms with van der Waals surface area (Å²) >= 11 is 18.1. The van der Waals surface area contributed by atoms with Gasteiger partial charge in [-0.05, 0) is 92.4 Å². The highest BCUT2D eigenvalue weighted by molar-refractivity contribution is 6.88. The molecular formula is C30H36BCl3O3Si3. The second kappa shape index (κ2) is 14.5. The van der Waals surface area contributed by atoms with Gasteiger partial charge in [0.25, 0.3) is 0 Å². The Balaban J connectivity index is 1.80. The van der Waals surface area contributed by atoms with Gasteiger partial charge in [0.15, 0.2) is 25.0 Å². The lowest BCUT2D eigenvalue weighted by molar-refractivity contribution is 0.304. The molecule has 0 N–H and O–H groups in total. The first-order valence-electron chi connectivity index (χ1n) is 13.1. The molecule has 3 aromatic rings. The standard InChI is InChI=1S/C30H36BCl3O3Si3/c1-38(2,22-19-25-7-13-28(32)14-8-25)35-31(36-39(3,4)23-20-26-9-15-29(33)16-10-26)37-40(5,6)24-21-27-11-17-30(34)18-12-27/h7-24H,1-6H3/b22-19-,23-20+,24-21+. The van der Waals surface area contributed by atoms with Gasteiger partial charge in [-0.2, -0.15) is 0 Å². The molecule has 0 aliphatic heterocycles. The van der Waals surface area contributed by atoms with Crippen LogP contribution in [-0.4, -0.2) is 32.3 Å². The van der Waals surface area contributed by atoms with Crippen molar-refractivity contribution >= 4 is 85.3 Å². The molecule has 0 saturated heterocycles. The molecule has 0 saturated carbocycles. The number of benzene rings is 3. The zero-order chi connectivity index (χ0) is 29.4. The van der Waals surface area contributed by atoms with E-state index < -0.39 is 32.3 Å². The average molecular weight is 646 g/mol. The molecule has 0 aliphatic carbocycles. The average Bonchev–Trinajstić information content (AvgIpc) is 2.87. The summed E-state index contributed by atoms with van der Waals surface area (Å²) in [6.07, 6.45) is 6.23. The summed E-state index contributed by atoms with van der Waals surface area (Å²) < 4.78 is 19.9. The van der Waals surface area contributed by atoms with E-state index >= 15 is 0 Å². The molecule has 10 heteroatoms. The zero-order valence-corrected chi connectivity index (χ0v) is 29.1. The van der Waals surface area contributed by atoms with Gasteiger partial charge in [-0.3, -0.25) is 0 Å². The lowest BCUT2D eigenvalue weighted by Crippen LogP contribution is -2.50. The second-order valence-corrected chi connectivity index (χ2v) is 23.7. The van der Waals surface area contributed by atoms with E-state index in [-0.39, 0.29) is 0 Å². The summed E-state index contributed by atoms with van der Waals surface area (Å²) in [6, 6.07) is 23.2. The van der Waals surface area contributed by atoms with E-state index in [1.165, 1.54) is 0 Å². The first-order valence-corrected chi connectivity index (χ1v) is 23.2. The van der Waals surface area contributed by atoms with Crippen LogP contribution in [0.1, 0.15) is 16.7 Å². The Morgan fingerprint density at radius 2 is 0.675 bits per heavy atom. The SMILES string of the molecule is C[Si](C)(/C=C\c1ccc(Cl)cc1)OB(O[Si](C)(C)/C=C/c1ccc(Cl)cc1)O[Si](C)(C)/C=C/c1ccc(Cl)cc1. The van der Waals surface area contributed by atoms with Crippen molar-refractivity contribution in [3.63, 3.8) is 0 Å². The Morgan fingerprint density at radius 1 is 0.450 bits per heavy atom. The molecule has 3 nitrogen and oxygen atoms in total. The van der Waals surface area contributed by atoms with Crippen LogP contribution < -0.4 is 0 Å². The molecule has 0 radical (unpaired) electrons. The Bertz CT molecular complexity index is 1160. The van der Waals surface area contributed by atoms with Crippen LogP contribution in [0.2, 0.25) is 54.3 Å². The molecule has 0 spiro atoms. The number of hydrogen-bond acceptors (Lipinski definition) is 3. The van der Waals surface area contributed by atoms with Crippen molar-refractivity contribution in [1.82, 2.24) is 0 Å². The third kappa shape index (κ3) is 12.1. The van der Waals surface area contributed by atoms with Gasteiger partial charge < -0.3 is 13.0 Å². The van der Waals surface area contributed by atoms with Crippen molar-refractivity contribution in [2.45, 2.75) is 39.3 Å². The van der Waals surface area contributed by atoms with Crippen LogP contribution in [0.25, 0.3) is 18.2 Å². The number of halogens is 3. The molecule has 0 unspecified atom stereocenters. The van der Waals surface area contributed by atoms with Crippen molar-refractivity contribution < 1.29 is 13.0 Å². The quantitative estimate of drug-likeness (QED) is 0.184. The third-order valence-electron chi connectivity index (χ3n) is 5.84. The maximum atomic E-state index is 6.64. The minimum absolute atomic E-state index is 0.712. The molecule has 0 heterocycles. The van der Waals surface area contributed by atoms with E-state index in [0.717, 1.165) is 16.7 Å². The van der Waals surface area contributed by atoms with Crippen LogP contribution in [0.15, 0.2) is 89.9 Å². The molecule has 0 bridgehead atoms. The molecule has 3 aromatic carbocycles. The summed E-state index contributed by atoms with van der Waals surface area (Å²) in [6.45, 7) is 12.8. The summed E-state index contributed by atoms with van der Waals surface area (Å²) in [4.78, 5) is 0. The van der Waals surface area contributed by atoms with Crippen LogP contribution in [-0.2, 0) is 13.0 Å². The van der Waals surface area contributed by atoms with Gasteiger partial charge in [0, 0.05) is 15.1 Å². The van der Waals surface area contributed by atoms with Crippen LogP contribution in [0.4, 0.5) is 0 Å². The Labute approximate surface area is 258 Å². The predicted octanol–water partition coefficient (Wildman–Crippen LogP) is 10.4. The monoisotopic (exact) mass is 644 g/mol. The van der Waals surface area contributed by atoms with Gasteiger partial charge >= 0.3 is 7.32 Å². The van der Waals surface area contributed by atoms with Gasteiger partial charge in [0.05, 0.1) is 0 Å². The molecule has 0 atom stereocenters. The van der Waals surface area contributed by atoms with Gasteiger partial charge in [-0.1, -0.05) is 107 Å². The summed E-state index contributed by atoms with van der Waals surface area (Å²) in [5, 5.41) is 2.14. The van der Waals surface area contributed by atoms with Crippen molar-refractivity contribution in [3.05, 3.63) is 122 Å². The number of rotatable bonds is 12. The minimum Gasteiger partial charge on any atom is -0.426 e. The first-order chi connectivity index (χ1) is 18.7. The Morgan fingerprint density at radius 3 is 0.900 bits per heavy atom. The smallest absolute Gasteiger partial charge is 0.426 e. The second-order valence-electron chi connectivity index (χ2n) is 11.1. The van der Waals surface area contributed by atoms with Gasteiger partial charge in [-0.15, -0.1) is 0 Å². The summed E-state index contributed by atoms with van der Waals surface area (Å²) in [5.74, 6) is 0. The molecule has 0 fully saturated rings. The van der Waals surface area contributed by atoms with Crippen molar-refractivity contribution in [2.75, 3.05) is 0 Å². The fourth-order valence-electron chi connectivity index (χ4n) is 3.55. The van der Waals surface area contributed by atoms with E-state index in [0.29, 0.717) is 15.1 Å². The Hall–Kier alpha value is -1.65. The molecule has 0 aliphatic rings. The zero-order valence-electron chi connectivity index (χ0n) is 23.8. The predicted molar refractivity (Wildman–Crippen MR) is 183 cm³/mol. The molecule has 3 rings (SSSR count).